The minimum atomic E-state index is -2.53. The SMILES string of the molecule is O=C(NCCC1CCC(F)(F)C1)c1ccnc(-n2cccn2)c1. The highest BCUT2D eigenvalue weighted by Gasteiger charge is 2.38. The normalized spacial score (nSPS) is 19.7. The van der Waals surface area contributed by atoms with E-state index >= 15 is 0 Å². The number of aromatic nitrogens is 3. The third-order valence-corrected chi connectivity index (χ3v) is 4.09. The second-order valence-corrected chi connectivity index (χ2v) is 5.86. The van der Waals surface area contributed by atoms with E-state index in [4.69, 9.17) is 0 Å². The second kappa shape index (κ2) is 6.44. The molecule has 1 fully saturated rings. The molecule has 0 bridgehead atoms. The monoisotopic (exact) mass is 320 g/mol. The van der Waals surface area contributed by atoms with Crippen LogP contribution in [0.2, 0.25) is 0 Å². The highest BCUT2D eigenvalue weighted by atomic mass is 19.3. The van der Waals surface area contributed by atoms with Gasteiger partial charge >= 0.3 is 0 Å². The van der Waals surface area contributed by atoms with Gasteiger partial charge in [-0.2, -0.15) is 5.10 Å². The maximum atomic E-state index is 13.1. The maximum absolute atomic E-state index is 13.1. The molecule has 23 heavy (non-hydrogen) atoms. The van der Waals surface area contributed by atoms with E-state index in [1.54, 1.807) is 41.5 Å². The first-order chi connectivity index (χ1) is 11.0. The molecule has 2 heterocycles. The van der Waals surface area contributed by atoms with Crippen LogP contribution in [0.15, 0.2) is 36.8 Å². The topological polar surface area (TPSA) is 59.8 Å². The Kier molecular flexibility index (Phi) is 4.36. The van der Waals surface area contributed by atoms with Crippen LogP contribution in [0.5, 0.6) is 0 Å². The van der Waals surface area contributed by atoms with Crippen molar-refractivity contribution in [3.8, 4) is 5.82 Å². The number of alkyl halides is 2. The van der Waals surface area contributed by atoms with Crippen LogP contribution < -0.4 is 5.32 Å². The largest absolute Gasteiger partial charge is 0.352 e. The Bertz CT molecular complexity index is 672. The van der Waals surface area contributed by atoms with Gasteiger partial charge in [0.1, 0.15) is 0 Å². The molecule has 1 aliphatic rings. The van der Waals surface area contributed by atoms with Crippen molar-refractivity contribution >= 4 is 5.91 Å². The molecule has 3 rings (SSSR count). The number of halogens is 2. The fraction of sp³-hybridized carbons (Fsp3) is 0.438. The summed E-state index contributed by atoms with van der Waals surface area (Å²) < 4.78 is 27.8. The highest BCUT2D eigenvalue weighted by Crippen LogP contribution is 2.40. The van der Waals surface area contributed by atoms with Crippen molar-refractivity contribution in [2.75, 3.05) is 6.54 Å². The molecule has 2 aromatic heterocycles. The predicted molar refractivity (Wildman–Crippen MR) is 80.6 cm³/mol. The number of carbonyl (C=O) groups excluding carboxylic acids is 1. The number of carbonyl (C=O) groups is 1. The molecule has 0 radical (unpaired) electrons. The Morgan fingerprint density at radius 2 is 2.30 bits per heavy atom. The summed E-state index contributed by atoms with van der Waals surface area (Å²) in [4.78, 5) is 16.3. The van der Waals surface area contributed by atoms with Crippen LogP contribution >= 0.6 is 0 Å². The lowest BCUT2D eigenvalue weighted by Crippen LogP contribution is -2.26. The second-order valence-electron chi connectivity index (χ2n) is 5.86. The lowest BCUT2D eigenvalue weighted by atomic mass is 10.0. The number of rotatable bonds is 5. The van der Waals surface area contributed by atoms with Crippen molar-refractivity contribution in [1.82, 2.24) is 20.1 Å². The van der Waals surface area contributed by atoms with Gasteiger partial charge in [-0.1, -0.05) is 0 Å². The van der Waals surface area contributed by atoms with Crippen LogP contribution in [0, 0.1) is 5.92 Å². The van der Waals surface area contributed by atoms with Crippen LogP contribution in [-0.4, -0.2) is 33.1 Å². The lowest BCUT2D eigenvalue weighted by molar-refractivity contribution is 0.00478. The summed E-state index contributed by atoms with van der Waals surface area (Å²) in [6.07, 6.45) is 5.92. The van der Waals surface area contributed by atoms with E-state index in [1.165, 1.54) is 0 Å². The predicted octanol–water partition coefficient (Wildman–Crippen LogP) is 2.82. The molecule has 1 amide bonds. The van der Waals surface area contributed by atoms with Gasteiger partial charge in [0.25, 0.3) is 5.91 Å². The zero-order chi connectivity index (χ0) is 16.3. The minimum Gasteiger partial charge on any atom is -0.352 e. The van der Waals surface area contributed by atoms with E-state index in [0.29, 0.717) is 30.8 Å². The summed E-state index contributed by atoms with van der Waals surface area (Å²) in [5, 5.41) is 6.85. The summed E-state index contributed by atoms with van der Waals surface area (Å²) in [6, 6.07) is 5.03. The summed E-state index contributed by atoms with van der Waals surface area (Å²) >= 11 is 0. The number of nitrogens with one attached hydrogen (secondary N) is 1. The van der Waals surface area contributed by atoms with E-state index < -0.39 is 5.92 Å². The Labute approximate surface area is 132 Å². The zero-order valence-electron chi connectivity index (χ0n) is 12.6. The van der Waals surface area contributed by atoms with E-state index in [2.05, 4.69) is 15.4 Å². The fourth-order valence-electron chi connectivity index (χ4n) is 2.87. The van der Waals surface area contributed by atoms with Gasteiger partial charge in [-0.15, -0.1) is 0 Å². The van der Waals surface area contributed by atoms with Crippen molar-refractivity contribution in [1.29, 1.82) is 0 Å². The molecule has 2 aromatic rings. The quantitative estimate of drug-likeness (QED) is 0.921. The Morgan fingerprint density at radius 3 is 3.00 bits per heavy atom. The third-order valence-electron chi connectivity index (χ3n) is 4.09. The van der Waals surface area contributed by atoms with E-state index in [0.717, 1.165) is 0 Å². The molecule has 0 aromatic carbocycles. The number of amides is 1. The van der Waals surface area contributed by atoms with Gasteiger partial charge in [-0.05, 0) is 37.0 Å². The molecular formula is C16H18F2N4O. The van der Waals surface area contributed by atoms with Crippen LogP contribution in [0.1, 0.15) is 36.0 Å². The molecule has 1 saturated carbocycles. The molecule has 1 atom stereocenters. The van der Waals surface area contributed by atoms with Crippen molar-refractivity contribution in [3.63, 3.8) is 0 Å². The van der Waals surface area contributed by atoms with Gasteiger partial charge in [0, 0.05) is 43.5 Å². The van der Waals surface area contributed by atoms with Crippen molar-refractivity contribution < 1.29 is 13.6 Å². The zero-order valence-corrected chi connectivity index (χ0v) is 12.6. The van der Waals surface area contributed by atoms with Gasteiger partial charge in [0.15, 0.2) is 5.82 Å². The lowest BCUT2D eigenvalue weighted by Gasteiger charge is -2.11. The Balaban J connectivity index is 1.54. The number of hydrogen-bond donors (Lipinski definition) is 1. The molecule has 122 valence electrons. The van der Waals surface area contributed by atoms with Gasteiger partial charge < -0.3 is 5.32 Å². The molecule has 7 heteroatoms. The highest BCUT2D eigenvalue weighted by molar-refractivity contribution is 5.94. The van der Waals surface area contributed by atoms with Crippen molar-refractivity contribution in [3.05, 3.63) is 42.4 Å². The number of pyridine rings is 1. The molecule has 1 aliphatic carbocycles. The average molecular weight is 320 g/mol. The molecule has 0 saturated heterocycles. The first-order valence-corrected chi connectivity index (χ1v) is 7.66. The molecule has 1 unspecified atom stereocenters. The maximum Gasteiger partial charge on any atom is 0.251 e. The van der Waals surface area contributed by atoms with Crippen LogP contribution in [0.4, 0.5) is 8.78 Å². The van der Waals surface area contributed by atoms with Gasteiger partial charge in [-0.3, -0.25) is 4.79 Å². The van der Waals surface area contributed by atoms with Gasteiger partial charge in [-0.25, -0.2) is 18.4 Å². The third kappa shape index (κ3) is 3.91. The van der Waals surface area contributed by atoms with Gasteiger partial charge in [0.2, 0.25) is 5.92 Å². The van der Waals surface area contributed by atoms with E-state index in [1.807, 2.05) is 0 Å². The molecular weight excluding hydrogens is 302 g/mol. The first kappa shape index (κ1) is 15.6. The van der Waals surface area contributed by atoms with Crippen molar-refractivity contribution in [2.45, 2.75) is 31.6 Å². The molecule has 0 spiro atoms. The molecule has 5 nitrogen and oxygen atoms in total. The number of nitrogens with zero attached hydrogens (tertiary/aromatic N) is 3. The summed E-state index contributed by atoms with van der Waals surface area (Å²) in [6.45, 7) is 0.402. The Hall–Kier alpha value is -2.31. The van der Waals surface area contributed by atoms with Crippen LogP contribution in [0.25, 0.3) is 5.82 Å². The average Bonchev–Trinajstić information content (AvgIpc) is 3.17. The van der Waals surface area contributed by atoms with Crippen molar-refractivity contribution in [2.24, 2.45) is 5.92 Å². The smallest absolute Gasteiger partial charge is 0.251 e. The molecule has 0 aliphatic heterocycles. The molecule has 1 N–H and O–H groups in total. The minimum absolute atomic E-state index is 0.0117. The summed E-state index contributed by atoms with van der Waals surface area (Å²) in [5.41, 5.74) is 0.474. The van der Waals surface area contributed by atoms with E-state index in [-0.39, 0.29) is 24.7 Å². The fourth-order valence-corrected chi connectivity index (χ4v) is 2.87. The standard InChI is InChI=1S/C16H18F2N4O/c17-16(18)5-2-12(11-16)3-7-20-15(23)13-4-8-19-14(10-13)22-9-1-6-21-22/h1,4,6,8-10,12H,2-3,5,7,11H2,(H,20,23). The van der Waals surface area contributed by atoms with Gasteiger partial charge in [0.05, 0.1) is 0 Å². The Morgan fingerprint density at radius 1 is 1.43 bits per heavy atom. The van der Waals surface area contributed by atoms with E-state index in [9.17, 15) is 13.6 Å². The van der Waals surface area contributed by atoms with Crippen LogP contribution in [0.3, 0.4) is 0 Å². The van der Waals surface area contributed by atoms with Crippen LogP contribution in [-0.2, 0) is 0 Å². The summed E-state index contributed by atoms with van der Waals surface area (Å²) in [5.74, 6) is -2.22. The first-order valence-electron chi connectivity index (χ1n) is 7.66. The summed E-state index contributed by atoms with van der Waals surface area (Å²) in [7, 11) is 0. The number of hydrogen-bond acceptors (Lipinski definition) is 3.